The van der Waals surface area contributed by atoms with Gasteiger partial charge in [0, 0.05) is 51.1 Å². The molecular formula is C17H23ClN6. The summed E-state index contributed by atoms with van der Waals surface area (Å²) in [5, 5.41) is 4.13. The van der Waals surface area contributed by atoms with Crippen LogP contribution in [-0.2, 0) is 6.54 Å². The van der Waals surface area contributed by atoms with Gasteiger partial charge in [-0.05, 0) is 25.5 Å². The number of nitrogens with zero attached hydrogens (tertiary/aromatic N) is 5. The molecule has 3 rings (SSSR count). The standard InChI is InChI=1S/C17H23ClN6/c1-23(2)16-9-15(20-12-21-16)22-14-6-4-8-24(11-14)10-13-5-3-7-19-17(13)18/h3,5,7,9,12,14H,4,6,8,10-11H2,1-2H3,(H,20,21,22). The van der Waals surface area contributed by atoms with Gasteiger partial charge in [-0.3, -0.25) is 4.90 Å². The van der Waals surface area contributed by atoms with Crippen molar-refractivity contribution in [3.63, 3.8) is 0 Å². The highest BCUT2D eigenvalue weighted by Gasteiger charge is 2.21. The summed E-state index contributed by atoms with van der Waals surface area (Å²) in [5.74, 6) is 1.78. The number of aromatic nitrogens is 3. The molecule has 0 spiro atoms. The maximum Gasteiger partial charge on any atom is 0.133 e. The molecule has 0 aromatic carbocycles. The highest BCUT2D eigenvalue weighted by atomic mass is 35.5. The molecule has 1 N–H and O–H groups in total. The molecule has 24 heavy (non-hydrogen) atoms. The summed E-state index contributed by atoms with van der Waals surface area (Å²) in [4.78, 5) is 17.1. The Kier molecular flexibility index (Phi) is 5.48. The van der Waals surface area contributed by atoms with E-state index in [1.165, 1.54) is 0 Å². The third-order valence-electron chi connectivity index (χ3n) is 4.20. The van der Waals surface area contributed by atoms with Gasteiger partial charge in [0.15, 0.2) is 0 Å². The minimum Gasteiger partial charge on any atom is -0.366 e. The van der Waals surface area contributed by atoms with E-state index in [1.54, 1.807) is 12.5 Å². The first kappa shape index (κ1) is 16.9. The zero-order valence-corrected chi connectivity index (χ0v) is 14.9. The van der Waals surface area contributed by atoms with E-state index in [2.05, 4.69) is 25.2 Å². The lowest BCUT2D eigenvalue weighted by atomic mass is 10.0. The van der Waals surface area contributed by atoms with Crippen LogP contribution in [0.25, 0.3) is 0 Å². The lowest BCUT2D eigenvalue weighted by molar-refractivity contribution is 0.208. The number of halogens is 1. The van der Waals surface area contributed by atoms with Gasteiger partial charge >= 0.3 is 0 Å². The molecule has 1 unspecified atom stereocenters. The number of piperidine rings is 1. The van der Waals surface area contributed by atoms with Crippen LogP contribution in [0, 0.1) is 0 Å². The van der Waals surface area contributed by atoms with Crippen molar-refractivity contribution in [2.24, 2.45) is 0 Å². The fourth-order valence-electron chi connectivity index (χ4n) is 2.97. The second kappa shape index (κ2) is 7.77. The third-order valence-corrected chi connectivity index (χ3v) is 4.54. The molecule has 1 aliphatic rings. The Morgan fingerprint density at radius 2 is 2.21 bits per heavy atom. The predicted molar refractivity (Wildman–Crippen MR) is 97.5 cm³/mol. The molecule has 1 saturated heterocycles. The summed E-state index contributed by atoms with van der Waals surface area (Å²) in [7, 11) is 3.96. The van der Waals surface area contributed by atoms with E-state index in [4.69, 9.17) is 11.6 Å². The van der Waals surface area contributed by atoms with Crippen LogP contribution >= 0.6 is 11.6 Å². The van der Waals surface area contributed by atoms with E-state index in [1.807, 2.05) is 37.2 Å². The summed E-state index contributed by atoms with van der Waals surface area (Å²) < 4.78 is 0. The van der Waals surface area contributed by atoms with Crippen LogP contribution in [0.1, 0.15) is 18.4 Å². The second-order valence-electron chi connectivity index (χ2n) is 6.33. The molecule has 2 aromatic rings. The average molecular weight is 347 g/mol. The van der Waals surface area contributed by atoms with Gasteiger partial charge in [-0.15, -0.1) is 0 Å². The van der Waals surface area contributed by atoms with Gasteiger partial charge in [0.05, 0.1) is 0 Å². The number of rotatable bonds is 5. The van der Waals surface area contributed by atoms with E-state index in [0.717, 1.165) is 49.7 Å². The summed E-state index contributed by atoms with van der Waals surface area (Å²) in [5.41, 5.74) is 1.08. The largest absolute Gasteiger partial charge is 0.366 e. The Morgan fingerprint density at radius 3 is 3.00 bits per heavy atom. The smallest absolute Gasteiger partial charge is 0.133 e. The van der Waals surface area contributed by atoms with Crippen LogP contribution in [-0.4, -0.2) is 53.1 Å². The first-order valence-corrected chi connectivity index (χ1v) is 8.57. The van der Waals surface area contributed by atoms with Gasteiger partial charge in [-0.2, -0.15) is 0 Å². The molecule has 6 nitrogen and oxygen atoms in total. The molecule has 0 radical (unpaired) electrons. The zero-order valence-electron chi connectivity index (χ0n) is 14.1. The van der Waals surface area contributed by atoms with Crippen molar-refractivity contribution in [2.75, 3.05) is 37.4 Å². The van der Waals surface area contributed by atoms with Crippen LogP contribution in [0.5, 0.6) is 0 Å². The maximum absolute atomic E-state index is 6.18. The third kappa shape index (κ3) is 4.33. The molecule has 0 bridgehead atoms. The van der Waals surface area contributed by atoms with Crippen molar-refractivity contribution in [1.29, 1.82) is 0 Å². The number of pyridine rings is 1. The Morgan fingerprint density at radius 1 is 1.33 bits per heavy atom. The fraction of sp³-hybridized carbons (Fsp3) is 0.471. The van der Waals surface area contributed by atoms with Crippen LogP contribution in [0.2, 0.25) is 5.15 Å². The molecular weight excluding hydrogens is 324 g/mol. The molecule has 2 aromatic heterocycles. The van der Waals surface area contributed by atoms with Gasteiger partial charge in [0.25, 0.3) is 0 Å². The van der Waals surface area contributed by atoms with Crippen LogP contribution < -0.4 is 10.2 Å². The summed E-state index contributed by atoms with van der Waals surface area (Å²) in [6, 6.07) is 6.33. The second-order valence-corrected chi connectivity index (χ2v) is 6.69. The predicted octanol–water partition coefficient (Wildman–Crippen LogP) is 2.67. The zero-order chi connectivity index (χ0) is 16.9. The van der Waals surface area contributed by atoms with Crippen molar-refractivity contribution in [2.45, 2.75) is 25.4 Å². The van der Waals surface area contributed by atoms with Gasteiger partial charge in [-0.1, -0.05) is 17.7 Å². The van der Waals surface area contributed by atoms with E-state index < -0.39 is 0 Å². The van der Waals surface area contributed by atoms with Gasteiger partial charge in [0.2, 0.25) is 0 Å². The molecule has 0 saturated carbocycles. The first-order chi connectivity index (χ1) is 11.6. The minimum atomic E-state index is 0.374. The van der Waals surface area contributed by atoms with Gasteiger partial charge < -0.3 is 10.2 Å². The summed E-state index contributed by atoms with van der Waals surface area (Å²) in [6.07, 6.45) is 5.62. The van der Waals surface area contributed by atoms with Crippen molar-refractivity contribution in [1.82, 2.24) is 19.9 Å². The SMILES string of the molecule is CN(C)c1cc(NC2CCCN(Cc3cccnc3Cl)C2)ncn1. The van der Waals surface area contributed by atoms with Crippen molar-refractivity contribution in [3.8, 4) is 0 Å². The molecule has 7 heteroatoms. The van der Waals surface area contributed by atoms with E-state index >= 15 is 0 Å². The highest BCUT2D eigenvalue weighted by Crippen LogP contribution is 2.20. The minimum absolute atomic E-state index is 0.374. The van der Waals surface area contributed by atoms with Crippen molar-refractivity contribution < 1.29 is 0 Å². The molecule has 3 heterocycles. The van der Waals surface area contributed by atoms with E-state index in [-0.39, 0.29) is 0 Å². The van der Waals surface area contributed by atoms with Gasteiger partial charge in [-0.25, -0.2) is 15.0 Å². The molecule has 1 fully saturated rings. The summed E-state index contributed by atoms with van der Waals surface area (Å²) >= 11 is 6.18. The number of hydrogen-bond donors (Lipinski definition) is 1. The lowest BCUT2D eigenvalue weighted by Gasteiger charge is -2.33. The lowest BCUT2D eigenvalue weighted by Crippen LogP contribution is -2.41. The summed E-state index contributed by atoms with van der Waals surface area (Å²) in [6.45, 7) is 2.88. The van der Waals surface area contributed by atoms with Crippen molar-refractivity contribution in [3.05, 3.63) is 41.4 Å². The monoisotopic (exact) mass is 346 g/mol. The molecule has 0 aliphatic carbocycles. The average Bonchev–Trinajstić information content (AvgIpc) is 2.57. The van der Waals surface area contributed by atoms with Crippen LogP contribution in [0.3, 0.4) is 0 Å². The first-order valence-electron chi connectivity index (χ1n) is 8.19. The van der Waals surface area contributed by atoms with E-state index in [0.29, 0.717) is 11.2 Å². The van der Waals surface area contributed by atoms with Crippen molar-refractivity contribution >= 4 is 23.2 Å². The van der Waals surface area contributed by atoms with Crippen LogP contribution in [0.4, 0.5) is 11.6 Å². The quantitative estimate of drug-likeness (QED) is 0.840. The van der Waals surface area contributed by atoms with E-state index in [9.17, 15) is 0 Å². The maximum atomic E-state index is 6.18. The Bertz CT molecular complexity index is 678. The topological polar surface area (TPSA) is 57.2 Å². The Hall–Kier alpha value is -1.92. The molecule has 128 valence electrons. The normalized spacial score (nSPS) is 18.4. The fourth-order valence-corrected chi connectivity index (χ4v) is 3.15. The number of nitrogens with one attached hydrogen (secondary N) is 1. The number of anilines is 2. The number of hydrogen-bond acceptors (Lipinski definition) is 6. The molecule has 0 amide bonds. The van der Waals surface area contributed by atoms with Gasteiger partial charge in [0.1, 0.15) is 23.1 Å². The van der Waals surface area contributed by atoms with Crippen LogP contribution in [0.15, 0.2) is 30.7 Å². The number of likely N-dealkylation sites (tertiary alicyclic amines) is 1. The Labute approximate surface area is 147 Å². The highest BCUT2D eigenvalue weighted by molar-refractivity contribution is 6.30. The Balaban J connectivity index is 1.61. The molecule has 1 aliphatic heterocycles. The molecule has 1 atom stereocenters.